The number of carbonyl (C=O) groups excluding carboxylic acids is 1. The summed E-state index contributed by atoms with van der Waals surface area (Å²) in [4.78, 5) is 15.3. The molecule has 9 heteroatoms. The van der Waals surface area contributed by atoms with Crippen LogP contribution in [0.1, 0.15) is 83.6 Å². The van der Waals surface area contributed by atoms with Crippen LogP contribution in [0.3, 0.4) is 0 Å². The lowest BCUT2D eigenvalue weighted by Crippen LogP contribution is -2.33. The van der Waals surface area contributed by atoms with E-state index in [0.29, 0.717) is 12.3 Å². The zero-order chi connectivity index (χ0) is 32.2. The number of rotatable bonds is 9. The number of benzene rings is 3. The van der Waals surface area contributed by atoms with Crippen molar-refractivity contribution in [3.8, 4) is 0 Å². The predicted octanol–water partition coefficient (Wildman–Crippen LogP) is 6.16. The van der Waals surface area contributed by atoms with E-state index in [1.165, 1.54) is 47.6 Å². The topological polar surface area (TPSA) is 98.9 Å². The Balaban J connectivity index is 0.000000285. The molecule has 3 aromatic carbocycles. The second-order valence-electron chi connectivity index (χ2n) is 11.4. The molecule has 1 amide bonds. The van der Waals surface area contributed by atoms with Gasteiger partial charge in [0.05, 0.1) is 31.8 Å². The molecule has 0 aromatic heterocycles. The SMILES string of the molecule is COS(=O)CC(N)c1ccc(C)c(C)c1.COS(=O)CC(c1ccc(C)c(C)c1)N1Cc2c(C)c(C)c(C)c(C)c2C1=O. The van der Waals surface area contributed by atoms with Gasteiger partial charge >= 0.3 is 0 Å². The summed E-state index contributed by atoms with van der Waals surface area (Å²) in [7, 11) is 2.86. The van der Waals surface area contributed by atoms with Crippen LogP contribution in [0.2, 0.25) is 0 Å². The maximum Gasteiger partial charge on any atom is 0.255 e. The molecule has 234 valence electrons. The fourth-order valence-electron chi connectivity index (χ4n) is 5.36. The smallest absolute Gasteiger partial charge is 0.255 e. The second kappa shape index (κ2) is 14.9. The van der Waals surface area contributed by atoms with Gasteiger partial charge in [-0.25, -0.2) is 8.42 Å². The molecular formula is C34H46N2O5S2. The molecular weight excluding hydrogens is 581 g/mol. The van der Waals surface area contributed by atoms with E-state index in [1.807, 2.05) is 43.0 Å². The lowest BCUT2D eigenvalue weighted by molar-refractivity contribution is 0.0717. The van der Waals surface area contributed by atoms with E-state index in [0.717, 1.165) is 33.4 Å². The normalized spacial score (nSPS) is 15.4. The molecule has 0 aliphatic carbocycles. The number of aryl methyl sites for hydroxylation is 4. The molecule has 0 fully saturated rings. The minimum absolute atomic E-state index is 0.0232. The summed E-state index contributed by atoms with van der Waals surface area (Å²) >= 11 is -2.75. The van der Waals surface area contributed by atoms with Crippen molar-refractivity contribution in [1.29, 1.82) is 0 Å². The summed E-state index contributed by atoms with van der Waals surface area (Å²) in [6, 6.07) is 11.7. The average Bonchev–Trinajstić information content (AvgIpc) is 3.33. The van der Waals surface area contributed by atoms with Gasteiger partial charge in [-0.3, -0.25) is 13.2 Å². The fraction of sp³-hybridized carbons (Fsp3) is 0.441. The first-order valence-electron chi connectivity index (χ1n) is 14.4. The van der Waals surface area contributed by atoms with E-state index < -0.39 is 22.2 Å². The quantitative estimate of drug-likeness (QED) is 0.306. The Morgan fingerprint density at radius 1 is 0.721 bits per heavy atom. The van der Waals surface area contributed by atoms with E-state index in [9.17, 15) is 13.2 Å². The van der Waals surface area contributed by atoms with Gasteiger partial charge in [-0.05, 0) is 117 Å². The van der Waals surface area contributed by atoms with Gasteiger partial charge in [0.15, 0.2) is 22.2 Å². The van der Waals surface area contributed by atoms with Crippen LogP contribution < -0.4 is 5.73 Å². The fourth-order valence-corrected chi connectivity index (χ4v) is 6.74. The van der Waals surface area contributed by atoms with Gasteiger partial charge in [0.25, 0.3) is 5.91 Å². The maximum absolute atomic E-state index is 13.5. The second-order valence-corrected chi connectivity index (χ2v) is 13.9. The third-order valence-corrected chi connectivity index (χ3v) is 10.8. The Morgan fingerprint density at radius 2 is 1.21 bits per heavy atom. The van der Waals surface area contributed by atoms with E-state index in [-0.39, 0.29) is 23.7 Å². The third-order valence-electron chi connectivity index (χ3n) is 8.85. The number of nitrogens with two attached hydrogens (primary N) is 1. The van der Waals surface area contributed by atoms with Gasteiger partial charge in [-0.15, -0.1) is 0 Å². The van der Waals surface area contributed by atoms with Crippen molar-refractivity contribution in [3.63, 3.8) is 0 Å². The first-order chi connectivity index (χ1) is 20.2. The van der Waals surface area contributed by atoms with Gasteiger partial charge in [0.2, 0.25) is 0 Å². The Morgan fingerprint density at radius 3 is 1.74 bits per heavy atom. The minimum Gasteiger partial charge on any atom is -0.326 e. The third kappa shape index (κ3) is 7.88. The molecule has 4 rings (SSSR count). The average molecular weight is 627 g/mol. The number of nitrogens with zero attached hydrogens (tertiary/aromatic N) is 1. The molecule has 7 nitrogen and oxygen atoms in total. The molecule has 2 N–H and O–H groups in total. The molecule has 4 atom stereocenters. The molecule has 3 aromatic rings. The molecule has 0 radical (unpaired) electrons. The van der Waals surface area contributed by atoms with Gasteiger partial charge in [0.1, 0.15) is 0 Å². The zero-order valence-electron chi connectivity index (χ0n) is 27.1. The summed E-state index contributed by atoms with van der Waals surface area (Å²) in [5, 5.41) is 0. The van der Waals surface area contributed by atoms with Crippen molar-refractivity contribution in [2.45, 2.75) is 74.0 Å². The molecule has 1 aliphatic heterocycles. The Kier molecular flexibility index (Phi) is 12.0. The van der Waals surface area contributed by atoms with E-state index in [4.69, 9.17) is 9.92 Å². The van der Waals surface area contributed by atoms with Crippen LogP contribution in [-0.4, -0.2) is 45.0 Å². The monoisotopic (exact) mass is 626 g/mol. The van der Waals surface area contributed by atoms with Crippen molar-refractivity contribution >= 4 is 28.1 Å². The molecule has 0 saturated heterocycles. The van der Waals surface area contributed by atoms with Crippen LogP contribution >= 0.6 is 0 Å². The number of hydrogen-bond acceptors (Lipinski definition) is 6. The first-order valence-corrected chi connectivity index (χ1v) is 16.9. The standard InChI is InChI=1S/C23H29NO3S.C11H17NO2S/c1-13-8-9-19(10-14(13)2)21(12-28(26)27-7)24-11-20-17(5)15(3)16(4)18(6)22(20)23(24)25;1-8-4-5-10(6-9(8)2)11(12)7-15(13)14-3/h8-10,21H,11-12H2,1-7H3;4-6,11H,7,12H2,1-3H3. The molecule has 0 saturated carbocycles. The highest BCUT2D eigenvalue weighted by molar-refractivity contribution is 7.80. The molecule has 0 bridgehead atoms. The first kappa shape index (κ1) is 34.8. The lowest BCUT2D eigenvalue weighted by atomic mass is 9.90. The lowest BCUT2D eigenvalue weighted by Gasteiger charge is -2.28. The summed E-state index contributed by atoms with van der Waals surface area (Å²) < 4.78 is 33.2. The van der Waals surface area contributed by atoms with Crippen molar-refractivity contribution in [1.82, 2.24) is 4.90 Å². The van der Waals surface area contributed by atoms with Crippen molar-refractivity contribution < 1.29 is 21.6 Å². The highest BCUT2D eigenvalue weighted by Crippen LogP contribution is 2.38. The summed E-state index contributed by atoms with van der Waals surface area (Å²) in [6.45, 7) is 17.1. The van der Waals surface area contributed by atoms with Crippen LogP contribution in [-0.2, 0) is 37.1 Å². The van der Waals surface area contributed by atoms with Crippen LogP contribution in [0.25, 0.3) is 0 Å². The molecule has 43 heavy (non-hydrogen) atoms. The van der Waals surface area contributed by atoms with Crippen LogP contribution in [0, 0.1) is 55.4 Å². The van der Waals surface area contributed by atoms with Crippen LogP contribution in [0.4, 0.5) is 0 Å². The number of amides is 1. The van der Waals surface area contributed by atoms with Crippen molar-refractivity contribution in [3.05, 3.63) is 103 Å². The number of fused-ring (bicyclic) bond motifs is 1. The van der Waals surface area contributed by atoms with Gasteiger partial charge in [-0.1, -0.05) is 36.4 Å². The van der Waals surface area contributed by atoms with E-state index >= 15 is 0 Å². The minimum atomic E-state index is -1.46. The Hall–Kier alpha value is -2.69. The zero-order valence-corrected chi connectivity index (χ0v) is 28.8. The van der Waals surface area contributed by atoms with Crippen LogP contribution in [0.5, 0.6) is 0 Å². The van der Waals surface area contributed by atoms with Crippen LogP contribution in [0.15, 0.2) is 36.4 Å². The highest BCUT2D eigenvalue weighted by atomic mass is 32.2. The summed E-state index contributed by atoms with van der Waals surface area (Å²) in [5.74, 6) is 0.614. The van der Waals surface area contributed by atoms with E-state index in [2.05, 4.69) is 57.9 Å². The maximum atomic E-state index is 13.5. The number of carbonyl (C=O) groups is 1. The molecule has 1 aliphatic rings. The van der Waals surface area contributed by atoms with Gasteiger partial charge < -0.3 is 10.6 Å². The highest BCUT2D eigenvalue weighted by Gasteiger charge is 2.37. The molecule has 0 spiro atoms. The molecule has 4 unspecified atom stereocenters. The van der Waals surface area contributed by atoms with Crippen molar-refractivity contribution in [2.24, 2.45) is 5.73 Å². The Bertz CT molecular complexity index is 1550. The van der Waals surface area contributed by atoms with Gasteiger partial charge in [0, 0.05) is 18.2 Å². The summed E-state index contributed by atoms with van der Waals surface area (Å²) in [6.07, 6.45) is 0. The van der Waals surface area contributed by atoms with Gasteiger partial charge in [-0.2, -0.15) is 0 Å². The number of hydrogen-bond donors (Lipinski definition) is 1. The van der Waals surface area contributed by atoms with E-state index in [1.54, 1.807) is 0 Å². The van der Waals surface area contributed by atoms with Crippen molar-refractivity contribution in [2.75, 3.05) is 25.7 Å². The predicted molar refractivity (Wildman–Crippen MR) is 177 cm³/mol. The Labute approximate surface area is 262 Å². The largest absolute Gasteiger partial charge is 0.326 e. The summed E-state index contributed by atoms with van der Waals surface area (Å²) in [5.41, 5.74) is 19.3. The molecule has 1 heterocycles.